The van der Waals surface area contributed by atoms with Gasteiger partial charge in [0.05, 0.1) is 14.2 Å². The molecule has 4 rings (SSSR count). The average Bonchev–Trinajstić information content (AvgIpc) is 3.27. The summed E-state index contributed by atoms with van der Waals surface area (Å²) in [6.45, 7) is 0. The molecule has 0 spiro atoms. The van der Waals surface area contributed by atoms with Crippen LogP contribution in [0.5, 0.6) is 0 Å². The summed E-state index contributed by atoms with van der Waals surface area (Å²) in [5, 5.41) is 3.74. The van der Waals surface area contributed by atoms with Crippen LogP contribution in [0.4, 0.5) is 5.69 Å². The maximum Gasteiger partial charge on any atom is 0.321 e. The smallest absolute Gasteiger partial charge is 0.321 e. The van der Waals surface area contributed by atoms with Crippen LogP contribution in [-0.4, -0.2) is 37.0 Å². The van der Waals surface area contributed by atoms with Gasteiger partial charge in [-0.3, -0.25) is 14.4 Å². The van der Waals surface area contributed by atoms with Crippen molar-refractivity contribution in [2.75, 3.05) is 19.5 Å². The highest BCUT2D eigenvalue weighted by molar-refractivity contribution is 6.13. The van der Waals surface area contributed by atoms with Crippen LogP contribution in [0, 0.1) is 5.92 Å². The van der Waals surface area contributed by atoms with Crippen molar-refractivity contribution < 1.29 is 23.9 Å². The number of nitrogens with one attached hydrogen (secondary N) is 2. The predicted octanol–water partition coefficient (Wildman–Crippen LogP) is 2.56. The number of para-hydroxylation sites is 2. The molecule has 1 aliphatic rings. The minimum atomic E-state index is -1.50. The van der Waals surface area contributed by atoms with Crippen molar-refractivity contribution in [1.82, 2.24) is 4.98 Å². The zero-order valence-electron chi connectivity index (χ0n) is 16.0. The molecule has 0 unspecified atom stereocenters. The van der Waals surface area contributed by atoms with Crippen molar-refractivity contribution in [1.29, 1.82) is 0 Å². The van der Waals surface area contributed by atoms with Gasteiger partial charge in [-0.1, -0.05) is 36.4 Å². The van der Waals surface area contributed by atoms with Crippen molar-refractivity contribution in [2.24, 2.45) is 5.92 Å². The number of hydrogen-bond acceptors (Lipinski definition) is 5. The van der Waals surface area contributed by atoms with Crippen LogP contribution in [0.25, 0.3) is 10.9 Å². The molecule has 1 aliphatic heterocycles. The second-order valence-electron chi connectivity index (χ2n) is 6.99. The van der Waals surface area contributed by atoms with Crippen molar-refractivity contribution in [3.8, 4) is 0 Å². The maximum absolute atomic E-state index is 13.4. The molecule has 2 heterocycles. The van der Waals surface area contributed by atoms with Gasteiger partial charge in [-0.15, -0.1) is 0 Å². The summed E-state index contributed by atoms with van der Waals surface area (Å²) in [5.74, 6) is -3.52. The third-order valence-electron chi connectivity index (χ3n) is 5.57. The molecular weight excluding hydrogens is 372 g/mol. The predicted molar refractivity (Wildman–Crippen MR) is 106 cm³/mol. The molecule has 1 aromatic heterocycles. The summed E-state index contributed by atoms with van der Waals surface area (Å²) in [4.78, 5) is 42.0. The normalized spacial score (nSPS) is 17.8. The molecule has 0 aliphatic carbocycles. The molecule has 2 N–H and O–H groups in total. The van der Waals surface area contributed by atoms with E-state index in [1.165, 1.54) is 14.2 Å². The van der Waals surface area contributed by atoms with Gasteiger partial charge in [0.15, 0.2) is 5.92 Å². The first kappa shape index (κ1) is 18.7. The number of H-pyrrole nitrogens is 1. The van der Waals surface area contributed by atoms with Crippen LogP contribution in [0.1, 0.15) is 11.1 Å². The number of ether oxygens (including phenoxy) is 2. The molecule has 7 heteroatoms. The van der Waals surface area contributed by atoms with Crippen LogP contribution in [0.3, 0.4) is 0 Å². The third-order valence-corrected chi connectivity index (χ3v) is 5.57. The first-order chi connectivity index (χ1) is 14.0. The van der Waals surface area contributed by atoms with E-state index in [9.17, 15) is 14.4 Å². The summed E-state index contributed by atoms with van der Waals surface area (Å²) < 4.78 is 9.83. The Bertz CT molecular complexity index is 1100. The number of aromatic amines is 1. The van der Waals surface area contributed by atoms with Crippen LogP contribution >= 0.6 is 0 Å². The number of amides is 1. The van der Waals surface area contributed by atoms with Crippen LogP contribution < -0.4 is 5.32 Å². The number of fused-ring (bicyclic) bond motifs is 2. The quantitative estimate of drug-likeness (QED) is 0.514. The topological polar surface area (TPSA) is 97.5 Å². The lowest BCUT2D eigenvalue weighted by Crippen LogP contribution is -2.51. The largest absolute Gasteiger partial charge is 0.468 e. The van der Waals surface area contributed by atoms with Gasteiger partial charge in [0.2, 0.25) is 5.91 Å². The number of carbonyl (C=O) groups excluding carboxylic acids is 3. The van der Waals surface area contributed by atoms with Gasteiger partial charge < -0.3 is 19.8 Å². The van der Waals surface area contributed by atoms with Gasteiger partial charge in [0.1, 0.15) is 5.41 Å². The van der Waals surface area contributed by atoms with E-state index in [1.807, 2.05) is 24.3 Å². The van der Waals surface area contributed by atoms with Crippen molar-refractivity contribution in [3.05, 3.63) is 65.9 Å². The fourth-order valence-electron chi connectivity index (χ4n) is 4.21. The summed E-state index contributed by atoms with van der Waals surface area (Å²) >= 11 is 0. The fraction of sp³-hybridized carbons (Fsp3) is 0.227. The molecule has 0 radical (unpaired) electrons. The third kappa shape index (κ3) is 2.77. The highest BCUT2D eigenvalue weighted by atomic mass is 16.5. The first-order valence-electron chi connectivity index (χ1n) is 9.14. The molecule has 1 atom stereocenters. The van der Waals surface area contributed by atoms with Gasteiger partial charge in [0.25, 0.3) is 0 Å². The van der Waals surface area contributed by atoms with Crippen molar-refractivity contribution in [2.45, 2.75) is 11.8 Å². The molecule has 0 bridgehead atoms. The number of anilines is 1. The van der Waals surface area contributed by atoms with E-state index in [1.54, 1.807) is 30.5 Å². The average molecular weight is 392 g/mol. The van der Waals surface area contributed by atoms with E-state index >= 15 is 0 Å². The first-order valence-corrected chi connectivity index (χ1v) is 9.14. The number of rotatable bonds is 5. The SMILES string of the molecule is COC(=O)C(C(=O)OC)[C@@]1(Cc2c[nH]c3ccccc23)C(=O)Nc2ccccc21. The van der Waals surface area contributed by atoms with Gasteiger partial charge >= 0.3 is 11.9 Å². The highest BCUT2D eigenvalue weighted by Crippen LogP contribution is 2.47. The molecule has 0 saturated heterocycles. The van der Waals surface area contributed by atoms with E-state index in [-0.39, 0.29) is 6.42 Å². The standard InChI is InChI=1S/C22H20N2O5/c1-28-19(25)18(20(26)29-2)22(15-8-4-6-10-17(15)24-21(22)27)11-13-12-23-16-9-5-3-7-14(13)16/h3-10,12,18,23H,11H2,1-2H3,(H,24,27)/t22-/m0/s1. The number of hydrogen-bond donors (Lipinski definition) is 2. The second-order valence-corrected chi connectivity index (χ2v) is 6.99. The van der Waals surface area contributed by atoms with Crippen molar-refractivity contribution >= 4 is 34.4 Å². The molecule has 1 amide bonds. The van der Waals surface area contributed by atoms with E-state index in [2.05, 4.69) is 10.3 Å². The number of benzene rings is 2. The second kappa shape index (κ2) is 7.09. The molecule has 7 nitrogen and oxygen atoms in total. The van der Waals surface area contributed by atoms with Crippen molar-refractivity contribution in [3.63, 3.8) is 0 Å². The maximum atomic E-state index is 13.4. The van der Waals surface area contributed by atoms with Gasteiger partial charge in [-0.25, -0.2) is 0 Å². The molecular formula is C22H20N2O5. The van der Waals surface area contributed by atoms with Gasteiger partial charge in [-0.05, 0) is 29.7 Å². The molecule has 29 heavy (non-hydrogen) atoms. The lowest BCUT2D eigenvalue weighted by Gasteiger charge is -2.32. The molecule has 0 fully saturated rings. The van der Waals surface area contributed by atoms with Gasteiger partial charge in [-0.2, -0.15) is 0 Å². The van der Waals surface area contributed by atoms with Crippen LogP contribution in [0.15, 0.2) is 54.7 Å². The Balaban J connectivity index is 1.96. The Morgan fingerprint density at radius 1 is 1.00 bits per heavy atom. The lowest BCUT2D eigenvalue weighted by molar-refractivity contribution is -0.164. The fourth-order valence-corrected chi connectivity index (χ4v) is 4.21. The van der Waals surface area contributed by atoms with Crippen LogP contribution in [-0.2, 0) is 35.7 Å². The summed E-state index contributed by atoms with van der Waals surface area (Å²) in [6, 6.07) is 14.7. The lowest BCUT2D eigenvalue weighted by atomic mass is 9.67. The molecule has 3 aromatic rings. The Morgan fingerprint density at radius 3 is 2.38 bits per heavy atom. The zero-order chi connectivity index (χ0) is 20.6. The zero-order valence-corrected chi connectivity index (χ0v) is 16.0. The minimum absolute atomic E-state index is 0.120. The Kier molecular flexibility index (Phi) is 4.58. The molecule has 148 valence electrons. The Morgan fingerprint density at radius 2 is 1.66 bits per heavy atom. The minimum Gasteiger partial charge on any atom is -0.468 e. The Hall–Kier alpha value is -3.61. The van der Waals surface area contributed by atoms with E-state index < -0.39 is 29.2 Å². The molecule has 2 aromatic carbocycles. The Labute approximate surface area is 167 Å². The number of esters is 2. The molecule has 0 saturated carbocycles. The summed E-state index contributed by atoms with van der Waals surface area (Å²) in [5.41, 5.74) is 1.34. The monoisotopic (exact) mass is 392 g/mol. The summed E-state index contributed by atoms with van der Waals surface area (Å²) in [7, 11) is 2.38. The highest BCUT2D eigenvalue weighted by Gasteiger charge is 2.59. The number of carbonyl (C=O) groups is 3. The van der Waals surface area contributed by atoms with E-state index in [0.29, 0.717) is 11.3 Å². The number of methoxy groups -OCH3 is 2. The van der Waals surface area contributed by atoms with E-state index in [0.717, 1.165) is 16.5 Å². The number of aromatic nitrogens is 1. The van der Waals surface area contributed by atoms with Gasteiger partial charge in [0, 0.05) is 22.8 Å². The summed E-state index contributed by atoms with van der Waals surface area (Å²) in [6.07, 6.45) is 1.92. The van der Waals surface area contributed by atoms with Crippen LogP contribution in [0.2, 0.25) is 0 Å². The van der Waals surface area contributed by atoms with E-state index in [4.69, 9.17) is 9.47 Å².